The fourth-order valence-corrected chi connectivity index (χ4v) is 1.51. The first-order valence-electron chi connectivity index (χ1n) is 5.33. The van der Waals surface area contributed by atoms with Gasteiger partial charge in [-0.3, -0.25) is 15.6 Å². The normalized spacial score (nSPS) is 9.17. The molecule has 1 amide bonds. The molecule has 0 unspecified atom stereocenters. The summed E-state index contributed by atoms with van der Waals surface area (Å²) in [7, 11) is 0. The fourth-order valence-electron chi connectivity index (χ4n) is 1.35. The second-order valence-electron chi connectivity index (χ2n) is 3.78. The number of anilines is 1. The van der Waals surface area contributed by atoms with Crippen molar-refractivity contribution in [1.29, 1.82) is 5.26 Å². The Morgan fingerprint density at radius 1 is 1.39 bits per heavy atom. The summed E-state index contributed by atoms with van der Waals surface area (Å²) in [6, 6.07) is 7.64. The molecule has 0 aliphatic rings. The maximum absolute atomic E-state index is 11.0. The van der Waals surface area contributed by atoms with Crippen molar-refractivity contribution in [3.8, 4) is 6.07 Å². The molecule has 0 heterocycles. The maximum Gasteiger partial charge on any atom is 0.252 e. The first-order chi connectivity index (χ1) is 8.52. The van der Waals surface area contributed by atoms with E-state index in [2.05, 4.69) is 16.2 Å². The number of nitrogens with one attached hydrogen (secondary N) is 3. The SMILES string of the molecule is Cc1ccc(NC(=S)NNC(=O)CC#N)c(C)c1. The van der Waals surface area contributed by atoms with Crippen LogP contribution < -0.4 is 16.2 Å². The van der Waals surface area contributed by atoms with Gasteiger partial charge in [-0.15, -0.1) is 0 Å². The lowest BCUT2D eigenvalue weighted by Crippen LogP contribution is -2.43. The Bertz CT molecular complexity index is 507. The van der Waals surface area contributed by atoms with Crippen LogP contribution in [0.5, 0.6) is 0 Å². The number of benzene rings is 1. The number of rotatable bonds is 2. The molecule has 18 heavy (non-hydrogen) atoms. The lowest BCUT2D eigenvalue weighted by atomic mass is 10.1. The van der Waals surface area contributed by atoms with E-state index in [4.69, 9.17) is 17.5 Å². The number of hydrazine groups is 1. The highest BCUT2D eigenvalue weighted by atomic mass is 32.1. The largest absolute Gasteiger partial charge is 0.331 e. The molecule has 0 aromatic heterocycles. The van der Waals surface area contributed by atoms with Crippen molar-refractivity contribution in [2.24, 2.45) is 0 Å². The molecule has 94 valence electrons. The van der Waals surface area contributed by atoms with Gasteiger partial charge in [-0.25, -0.2) is 0 Å². The molecule has 0 bridgehead atoms. The van der Waals surface area contributed by atoms with E-state index in [1.165, 1.54) is 5.56 Å². The standard InChI is InChI=1S/C12H14N4OS/c1-8-3-4-10(9(2)7-8)14-12(18)16-15-11(17)5-6-13/h3-4,7H,5H2,1-2H3,(H,15,17)(H2,14,16,18). The molecule has 6 heteroatoms. The zero-order valence-electron chi connectivity index (χ0n) is 10.2. The number of hydrogen-bond donors (Lipinski definition) is 3. The topological polar surface area (TPSA) is 76.9 Å². The van der Waals surface area contributed by atoms with E-state index in [1.54, 1.807) is 6.07 Å². The quantitative estimate of drug-likeness (QED) is 0.556. The van der Waals surface area contributed by atoms with Crippen molar-refractivity contribution < 1.29 is 4.79 Å². The van der Waals surface area contributed by atoms with Crippen LogP contribution in [0.1, 0.15) is 17.5 Å². The fraction of sp³-hybridized carbons (Fsp3) is 0.250. The molecule has 1 aromatic rings. The van der Waals surface area contributed by atoms with E-state index >= 15 is 0 Å². The van der Waals surface area contributed by atoms with E-state index in [-0.39, 0.29) is 11.5 Å². The minimum atomic E-state index is -0.428. The summed E-state index contributed by atoms with van der Waals surface area (Å²) in [5.74, 6) is -0.428. The van der Waals surface area contributed by atoms with Crippen molar-refractivity contribution in [2.45, 2.75) is 20.3 Å². The molecule has 1 rings (SSSR count). The summed E-state index contributed by atoms with van der Waals surface area (Å²) in [5.41, 5.74) is 7.94. The Balaban J connectivity index is 2.50. The van der Waals surface area contributed by atoms with Crippen LogP contribution in [-0.2, 0) is 4.79 Å². The van der Waals surface area contributed by atoms with Crippen LogP contribution in [0.2, 0.25) is 0 Å². The smallest absolute Gasteiger partial charge is 0.252 e. The number of hydrogen-bond acceptors (Lipinski definition) is 3. The van der Waals surface area contributed by atoms with E-state index in [9.17, 15) is 4.79 Å². The summed E-state index contributed by atoms with van der Waals surface area (Å²) >= 11 is 5.01. The lowest BCUT2D eigenvalue weighted by Gasteiger charge is -2.13. The number of carbonyl (C=O) groups excluding carboxylic acids is 1. The first-order valence-corrected chi connectivity index (χ1v) is 5.74. The van der Waals surface area contributed by atoms with Crippen LogP contribution in [0.4, 0.5) is 5.69 Å². The van der Waals surface area contributed by atoms with Gasteiger partial charge in [0, 0.05) is 5.69 Å². The van der Waals surface area contributed by atoms with Crippen molar-refractivity contribution in [3.05, 3.63) is 29.3 Å². The van der Waals surface area contributed by atoms with Crippen LogP contribution in [0.15, 0.2) is 18.2 Å². The molecule has 0 radical (unpaired) electrons. The Hall–Kier alpha value is -2.13. The summed E-state index contributed by atoms with van der Waals surface area (Å²) in [5, 5.41) is 11.5. The molecule has 0 aliphatic carbocycles. The Morgan fingerprint density at radius 3 is 2.72 bits per heavy atom. The van der Waals surface area contributed by atoms with Crippen LogP contribution in [-0.4, -0.2) is 11.0 Å². The van der Waals surface area contributed by atoms with Gasteiger partial charge < -0.3 is 5.32 Å². The Morgan fingerprint density at radius 2 is 2.11 bits per heavy atom. The molecule has 1 aromatic carbocycles. The minimum absolute atomic E-state index is 0.209. The number of nitriles is 1. The van der Waals surface area contributed by atoms with Gasteiger partial charge in [0.05, 0.1) is 6.07 Å². The highest BCUT2D eigenvalue weighted by Crippen LogP contribution is 2.15. The third-order valence-corrected chi connectivity index (χ3v) is 2.39. The monoisotopic (exact) mass is 262 g/mol. The third kappa shape index (κ3) is 4.39. The van der Waals surface area contributed by atoms with E-state index in [0.29, 0.717) is 0 Å². The highest BCUT2D eigenvalue weighted by Gasteiger charge is 2.03. The van der Waals surface area contributed by atoms with Crippen molar-refractivity contribution in [1.82, 2.24) is 10.9 Å². The van der Waals surface area contributed by atoms with Crippen LogP contribution in [0, 0.1) is 25.2 Å². The molecule has 0 aliphatic heterocycles. The lowest BCUT2D eigenvalue weighted by molar-refractivity contribution is -0.120. The third-order valence-electron chi connectivity index (χ3n) is 2.19. The number of thiocarbonyl (C=S) groups is 1. The zero-order valence-corrected chi connectivity index (χ0v) is 11.0. The molecule has 0 spiro atoms. The van der Waals surface area contributed by atoms with Gasteiger partial charge in [-0.2, -0.15) is 5.26 Å². The van der Waals surface area contributed by atoms with Crippen LogP contribution in [0.3, 0.4) is 0 Å². The molecular weight excluding hydrogens is 248 g/mol. The van der Waals surface area contributed by atoms with Crippen LogP contribution >= 0.6 is 12.2 Å². The zero-order chi connectivity index (χ0) is 13.5. The van der Waals surface area contributed by atoms with E-state index in [0.717, 1.165) is 11.3 Å². The average Bonchev–Trinajstić information content (AvgIpc) is 2.31. The average molecular weight is 262 g/mol. The van der Waals surface area contributed by atoms with Gasteiger partial charge in [0.25, 0.3) is 5.91 Å². The summed E-state index contributed by atoms with van der Waals surface area (Å²) < 4.78 is 0. The van der Waals surface area contributed by atoms with Gasteiger partial charge in [0.15, 0.2) is 5.11 Å². The van der Waals surface area contributed by atoms with Crippen molar-refractivity contribution in [2.75, 3.05) is 5.32 Å². The minimum Gasteiger partial charge on any atom is -0.331 e. The van der Waals surface area contributed by atoms with Gasteiger partial charge in [-0.05, 0) is 37.7 Å². The van der Waals surface area contributed by atoms with Gasteiger partial charge >= 0.3 is 0 Å². The summed E-state index contributed by atoms with van der Waals surface area (Å²) in [6.07, 6.45) is -0.209. The molecule has 0 saturated heterocycles. The van der Waals surface area contributed by atoms with Gasteiger partial charge in [0.1, 0.15) is 6.42 Å². The molecule has 0 atom stereocenters. The van der Waals surface area contributed by atoms with Gasteiger partial charge in [-0.1, -0.05) is 17.7 Å². The Kier molecular flexibility index (Phi) is 5.08. The highest BCUT2D eigenvalue weighted by molar-refractivity contribution is 7.80. The second kappa shape index (κ2) is 6.57. The van der Waals surface area contributed by atoms with E-state index < -0.39 is 5.91 Å². The molecule has 0 fully saturated rings. The van der Waals surface area contributed by atoms with Crippen LogP contribution in [0.25, 0.3) is 0 Å². The molecule has 0 saturated carbocycles. The number of carbonyl (C=O) groups is 1. The predicted molar refractivity (Wildman–Crippen MR) is 73.6 cm³/mol. The molecule has 3 N–H and O–H groups in total. The first kappa shape index (κ1) is 13.9. The van der Waals surface area contributed by atoms with Gasteiger partial charge in [0.2, 0.25) is 0 Å². The predicted octanol–water partition coefficient (Wildman–Crippen LogP) is 1.53. The Labute approximate surface area is 111 Å². The maximum atomic E-state index is 11.0. The van der Waals surface area contributed by atoms with Crippen molar-refractivity contribution in [3.63, 3.8) is 0 Å². The summed E-state index contributed by atoms with van der Waals surface area (Å²) in [4.78, 5) is 11.0. The van der Waals surface area contributed by atoms with E-state index in [1.807, 2.05) is 32.0 Å². The van der Waals surface area contributed by atoms with Crippen molar-refractivity contribution >= 4 is 28.9 Å². The second-order valence-corrected chi connectivity index (χ2v) is 4.19. The summed E-state index contributed by atoms with van der Waals surface area (Å²) in [6.45, 7) is 3.97. The molecule has 5 nitrogen and oxygen atoms in total. The number of amides is 1. The number of nitrogens with zero attached hydrogens (tertiary/aromatic N) is 1. The molecular formula is C12H14N4OS. The number of aryl methyl sites for hydroxylation is 2.